The number of nitrogens with zero attached hydrogens (tertiary/aromatic N) is 4. The number of hydrogen-bond acceptors (Lipinski definition) is 7. The van der Waals surface area contributed by atoms with Gasteiger partial charge in [0.05, 0.1) is 13.3 Å². The van der Waals surface area contributed by atoms with Crippen molar-refractivity contribution in [2.45, 2.75) is 19.8 Å². The molecule has 2 heterocycles. The fraction of sp³-hybridized carbons (Fsp3) is 0.310. The van der Waals surface area contributed by atoms with Crippen LogP contribution < -0.4 is 9.64 Å². The molecular weight excluding hydrogens is 484 g/mol. The third-order valence-electron chi connectivity index (χ3n) is 6.26. The zero-order valence-corrected chi connectivity index (χ0v) is 21.8. The molecule has 0 saturated heterocycles. The minimum atomic E-state index is -1.26. The highest BCUT2D eigenvalue weighted by Gasteiger charge is 2.16. The normalized spacial score (nSPS) is 13.5. The number of hydrogen-bond donors (Lipinski definition) is 2. The molecule has 3 aromatic rings. The number of rotatable bonds is 10. The van der Waals surface area contributed by atoms with Gasteiger partial charge in [0.1, 0.15) is 6.33 Å². The summed E-state index contributed by atoms with van der Waals surface area (Å²) in [5, 5.41) is 18.3. The molecule has 9 heteroatoms. The van der Waals surface area contributed by atoms with Crippen LogP contribution in [-0.2, 0) is 9.59 Å². The summed E-state index contributed by atoms with van der Waals surface area (Å²) in [4.78, 5) is 32.4. The van der Waals surface area contributed by atoms with Gasteiger partial charge in [0.2, 0.25) is 0 Å². The Hall–Kier alpha value is -4.24. The van der Waals surface area contributed by atoms with E-state index in [0.717, 1.165) is 57.1 Å². The highest BCUT2D eigenvalue weighted by molar-refractivity contribution is 5.94. The Kier molecular flexibility index (Phi) is 10.8. The summed E-state index contributed by atoms with van der Waals surface area (Å²) in [5.74, 6) is -0.897. The molecule has 0 unspecified atom stereocenters. The second kappa shape index (κ2) is 14.5. The van der Waals surface area contributed by atoms with Crippen molar-refractivity contribution in [1.82, 2.24) is 14.9 Å². The first-order valence-corrected chi connectivity index (χ1v) is 12.5. The van der Waals surface area contributed by atoms with E-state index >= 15 is 0 Å². The van der Waals surface area contributed by atoms with Gasteiger partial charge in [-0.15, -0.1) is 0 Å². The van der Waals surface area contributed by atoms with Gasteiger partial charge >= 0.3 is 11.9 Å². The number of carbonyl (C=O) groups is 2. The van der Waals surface area contributed by atoms with Gasteiger partial charge in [-0.2, -0.15) is 0 Å². The van der Waals surface area contributed by atoms with E-state index in [4.69, 9.17) is 14.9 Å². The number of aromatic nitrogens is 2. The van der Waals surface area contributed by atoms with Gasteiger partial charge in [-0.3, -0.25) is 4.90 Å². The Labute approximate surface area is 222 Å². The lowest BCUT2D eigenvalue weighted by molar-refractivity contribution is -0.134. The first-order chi connectivity index (χ1) is 18.4. The van der Waals surface area contributed by atoms with E-state index in [0.29, 0.717) is 12.2 Å². The predicted octanol–water partition coefficient (Wildman–Crippen LogP) is 4.36. The van der Waals surface area contributed by atoms with Crippen molar-refractivity contribution in [3.8, 4) is 5.75 Å². The number of methoxy groups -OCH3 is 1. The molecule has 2 aromatic carbocycles. The standard InChI is InChI=1S/C25H30N4O.C4H4O4/c1-3-29(25-24(30-2)18-26-19-27-25)15-7-14-28-16-12-21(13-17-28)23-11-6-9-20-8-4-5-10-22(20)23;5-3(6)1-2-4(7)8/h4-6,8-12,18-19H,3,7,13-17H2,1-2H3;1-2H,(H,5,6)(H,7,8)/b;2-1+. The van der Waals surface area contributed by atoms with Crippen LogP contribution in [0.25, 0.3) is 16.3 Å². The van der Waals surface area contributed by atoms with Crippen molar-refractivity contribution in [1.29, 1.82) is 0 Å². The van der Waals surface area contributed by atoms with Crippen LogP contribution in [0.5, 0.6) is 5.75 Å². The average Bonchev–Trinajstić information content (AvgIpc) is 2.95. The van der Waals surface area contributed by atoms with E-state index < -0.39 is 11.9 Å². The Bertz CT molecular complexity index is 1270. The SMILES string of the molecule is CCN(CCCN1CC=C(c2cccc3ccccc23)CC1)c1ncncc1OC.O=C(O)/C=C/C(=O)O. The van der Waals surface area contributed by atoms with Crippen LogP contribution in [0.3, 0.4) is 0 Å². The molecule has 1 aliphatic heterocycles. The molecule has 1 aliphatic rings. The largest absolute Gasteiger partial charge is 0.491 e. The molecule has 0 spiro atoms. The van der Waals surface area contributed by atoms with Gasteiger partial charge in [0, 0.05) is 44.9 Å². The van der Waals surface area contributed by atoms with Crippen molar-refractivity contribution >= 4 is 34.1 Å². The van der Waals surface area contributed by atoms with Gasteiger partial charge in [-0.1, -0.05) is 48.5 Å². The van der Waals surface area contributed by atoms with E-state index in [1.807, 2.05) is 0 Å². The Morgan fingerprint density at radius 3 is 2.50 bits per heavy atom. The highest BCUT2D eigenvalue weighted by Crippen LogP contribution is 2.29. The number of fused-ring (bicyclic) bond motifs is 1. The topological polar surface area (TPSA) is 116 Å². The van der Waals surface area contributed by atoms with Crippen molar-refractivity contribution in [2.24, 2.45) is 0 Å². The lowest BCUT2D eigenvalue weighted by Crippen LogP contribution is -2.33. The van der Waals surface area contributed by atoms with E-state index in [-0.39, 0.29) is 0 Å². The molecule has 0 radical (unpaired) electrons. The fourth-order valence-electron chi connectivity index (χ4n) is 4.40. The highest BCUT2D eigenvalue weighted by atomic mass is 16.5. The van der Waals surface area contributed by atoms with Crippen molar-refractivity contribution in [3.05, 3.63) is 78.8 Å². The molecule has 38 heavy (non-hydrogen) atoms. The Morgan fingerprint density at radius 2 is 1.84 bits per heavy atom. The molecule has 0 aliphatic carbocycles. The van der Waals surface area contributed by atoms with Crippen LogP contribution >= 0.6 is 0 Å². The molecule has 0 bridgehead atoms. The number of benzene rings is 2. The molecule has 1 aromatic heterocycles. The molecule has 0 fully saturated rings. The maximum atomic E-state index is 9.55. The van der Waals surface area contributed by atoms with Crippen molar-refractivity contribution in [3.63, 3.8) is 0 Å². The monoisotopic (exact) mass is 518 g/mol. The van der Waals surface area contributed by atoms with Crippen LogP contribution in [0.2, 0.25) is 0 Å². The molecule has 0 amide bonds. The van der Waals surface area contributed by atoms with Crippen LogP contribution in [-0.4, -0.2) is 76.9 Å². The summed E-state index contributed by atoms with van der Waals surface area (Å²) in [6, 6.07) is 15.3. The van der Waals surface area contributed by atoms with Crippen LogP contribution in [0.15, 0.2) is 73.2 Å². The summed E-state index contributed by atoms with van der Waals surface area (Å²) < 4.78 is 5.42. The second-order valence-corrected chi connectivity index (χ2v) is 8.66. The molecule has 200 valence electrons. The van der Waals surface area contributed by atoms with E-state index in [9.17, 15) is 9.59 Å². The molecular formula is C29H34N4O5. The van der Waals surface area contributed by atoms with E-state index in [1.54, 1.807) is 19.6 Å². The molecule has 4 rings (SSSR count). The van der Waals surface area contributed by atoms with Gasteiger partial charge in [0.15, 0.2) is 11.6 Å². The maximum Gasteiger partial charge on any atom is 0.328 e. The molecule has 0 atom stereocenters. The number of anilines is 1. The molecule has 0 saturated carbocycles. The van der Waals surface area contributed by atoms with Crippen LogP contribution in [0.4, 0.5) is 5.82 Å². The number of carboxylic acids is 2. The minimum Gasteiger partial charge on any atom is -0.491 e. The zero-order chi connectivity index (χ0) is 27.3. The second-order valence-electron chi connectivity index (χ2n) is 8.66. The van der Waals surface area contributed by atoms with Gasteiger partial charge in [-0.05, 0) is 41.7 Å². The number of carboxylic acid groups (broad SMARTS) is 2. The summed E-state index contributed by atoms with van der Waals surface area (Å²) in [5.41, 5.74) is 2.87. The average molecular weight is 519 g/mol. The Morgan fingerprint density at radius 1 is 1.11 bits per heavy atom. The van der Waals surface area contributed by atoms with Crippen LogP contribution in [0.1, 0.15) is 25.3 Å². The minimum absolute atomic E-state index is 0.558. The van der Waals surface area contributed by atoms with Gasteiger partial charge < -0.3 is 19.8 Å². The van der Waals surface area contributed by atoms with Crippen molar-refractivity contribution < 1.29 is 24.5 Å². The van der Waals surface area contributed by atoms with Gasteiger partial charge in [-0.25, -0.2) is 19.6 Å². The third kappa shape index (κ3) is 8.14. The fourth-order valence-corrected chi connectivity index (χ4v) is 4.40. The summed E-state index contributed by atoms with van der Waals surface area (Å²) in [7, 11) is 1.67. The maximum absolute atomic E-state index is 9.55. The summed E-state index contributed by atoms with van der Waals surface area (Å²) in [6.07, 6.45) is 9.05. The van der Waals surface area contributed by atoms with Gasteiger partial charge in [0.25, 0.3) is 0 Å². The number of aliphatic carboxylic acids is 2. The summed E-state index contributed by atoms with van der Waals surface area (Å²) in [6.45, 7) is 7.23. The Balaban J connectivity index is 0.000000436. The molecule has 2 N–H and O–H groups in total. The lowest BCUT2D eigenvalue weighted by atomic mass is 9.94. The first-order valence-electron chi connectivity index (χ1n) is 12.5. The lowest BCUT2D eigenvalue weighted by Gasteiger charge is -2.29. The van der Waals surface area contributed by atoms with E-state index in [2.05, 4.69) is 75.2 Å². The van der Waals surface area contributed by atoms with E-state index in [1.165, 1.54) is 21.9 Å². The van der Waals surface area contributed by atoms with Crippen LogP contribution in [0, 0.1) is 0 Å². The smallest absolute Gasteiger partial charge is 0.328 e. The van der Waals surface area contributed by atoms with Crippen molar-refractivity contribution in [2.75, 3.05) is 44.7 Å². The molecule has 9 nitrogen and oxygen atoms in total. The number of ether oxygens (including phenoxy) is 1. The zero-order valence-electron chi connectivity index (χ0n) is 21.8. The third-order valence-corrected chi connectivity index (χ3v) is 6.26. The summed E-state index contributed by atoms with van der Waals surface area (Å²) >= 11 is 0. The predicted molar refractivity (Wildman–Crippen MR) is 148 cm³/mol. The quantitative estimate of drug-likeness (QED) is 0.378. The first kappa shape index (κ1) is 28.3.